The zero-order valence-corrected chi connectivity index (χ0v) is 27.1. The number of fused-ring (bicyclic) bond motifs is 4. The van der Waals surface area contributed by atoms with E-state index in [2.05, 4.69) is 16.0 Å². The van der Waals surface area contributed by atoms with Crippen LogP contribution < -0.4 is 27.4 Å². The van der Waals surface area contributed by atoms with Crippen LogP contribution in [0, 0.1) is 0 Å². The molecule has 16 nitrogen and oxygen atoms in total. The van der Waals surface area contributed by atoms with Gasteiger partial charge in [0.25, 0.3) is 0 Å². The molecule has 2 atom stereocenters. The van der Waals surface area contributed by atoms with Crippen LogP contribution in [0.5, 0.6) is 0 Å². The van der Waals surface area contributed by atoms with Gasteiger partial charge >= 0.3 is 18.0 Å². The van der Waals surface area contributed by atoms with Crippen LogP contribution in [0.3, 0.4) is 0 Å². The number of aliphatic hydroxyl groups is 1. The number of primary amides is 2. The number of pyridine rings is 1. The molecule has 5 amide bonds. The standard InChI is InChI=1S/C32H33N7O9S/c1-2-32(46)18-10-22-26-16(11-39(22)12-17(18)29(43)48-30(32)44)15-7-9-49-27-20(6-5-19(37-26)25(15)27)38-28(42)21(4-3-8-35-31(34)45)36-24(41)14-47-13-23(33)40/h5-7,9-10,21,46H,2-4,8,11-14H2,1H3,(H2,33,40)(H,36,41)(H,38,42)(H3,34,35,45)/t21-,32-/m0/s1. The van der Waals surface area contributed by atoms with Gasteiger partial charge in [0.2, 0.25) is 17.7 Å². The molecule has 8 N–H and O–H groups in total. The molecule has 256 valence electrons. The Morgan fingerprint density at radius 1 is 1.18 bits per heavy atom. The molecule has 0 bridgehead atoms. The summed E-state index contributed by atoms with van der Waals surface area (Å²) in [4.78, 5) is 81.0. The molecule has 49 heavy (non-hydrogen) atoms. The minimum absolute atomic E-state index is 0.0284. The summed E-state index contributed by atoms with van der Waals surface area (Å²) >= 11 is 1.39. The van der Waals surface area contributed by atoms with Crippen LogP contribution in [0.2, 0.25) is 0 Å². The van der Waals surface area contributed by atoms with Gasteiger partial charge in [-0.05, 0) is 54.5 Å². The number of esters is 2. The van der Waals surface area contributed by atoms with E-state index in [4.69, 9.17) is 25.9 Å². The summed E-state index contributed by atoms with van der Waals surface area (Å²) in [6, 6.07) is 1.73. The Bertz CT molecular complexity index is 1920. The number of carbonyl (C=O) groups is 6. The second-order valence-electron chi connectivity index (χ2n) is 11.8. The summed E-state index contributed by atoms with van der Waals surface area (Å²) < 4.78 is 9.87. The summed E-state index contributed by atoms with van der Waals surface area (Å²) in [5.41, 5.74) is 12.9. The number of cyclic esters (lactones) is 2. The average Bonchev–Trinajstić information content (AvgIpc) is 3.43. The van der Waals surface area contributed by atoms with Gasteiger partial charge in [-0.1, -0.05) is 18.7 Å². The maximum absolute atomic E-state index is 13.6. The van der Waals surface area contributed by atoms with Gasteiger partial charge in [0.1, 0.15) is 19.3 Å². The maximum atomic E-state index is 13.6. The van der Waals surface area contributed by atoms with Crippen LogP contribution in [-0.2, 0) is 40.0 Å². The van der Waals surface area contributed by atoms with Gasteiger partial charge in [-0.2, -0.15) is 0 Å². The first-order chi connectivity index (χ1) is 23.4. The van der Waals surface area contributed by atoms with Crippen molar-refractivity contribution in [1.29, 1.82) is 0 Å². The van der Waals surface area contributed by atoms with Crippen molar-refractivity contribution in [3.8, 4) is 0 Å². The Balaban J connectivity index is 1.29. The molecule has 0 saturated heterocycles. The zero-order chi connectivity index (χ0) is 35.0. The number of hydrogen-bond donors (Lipinski definition) is 6. The smallest absolute Gasteiger partial charge is 0.350 e. The van der Waals surface area contributed by atoms with Gasteiger partial charge in [0, 0.05) is 34.5 Å². The highest BCUT2D eigenvalue weighted by atomic mass is 32.2. The first-order valence-corrected chi connectivity index (χ1v) is 16.3. The largest absolute Gasteiger partial charge is 0.387 e. The lowest BCUT2D eigenvalue weighted by molar-refractivity contribution is -0.172. The molecule has 17 heteroatoms. The highest BCUT2D eigenvalue weighted by Crippen LogP contribution is 2.48. The molecule has 0 aliphatic carbocycles. The van der Waals surface area contributed by atoms with Crippen LogP contribution in [0.25, 0.3) is 22.7 Å². The lowest BCUT2D eigenvalue weighted by atomic mass is 9.83. The fourth-order valence-electron chi connectivity index (χ4n) is 6.27. The molecule has 5 heterocycles. The van der Waals surface area contributed by atoms with Crippen molar-refractivity contribution in [3.05, 3.63) is 51.6 Å². The van der Waals surface area contributed by atoms with E-state index < -0.39 is 60.5 Å². The van der Waals surface area contributed by atoms with Gasteiger partial charge < -0.3 is 46.9 Å². The molecule has 1 aromatic heterocycles. The van der Waals surface area contributed by atoms with E-state index in [9.17, 15) is 33.9 Å². The maximum Gasteiger partial charge on any atom is 0.350 e. The predicted octanol–water partition coefficient (Wildman–Crippen LogP) is 0.376. The number of benzene rings is 1. The second kappa shape index (κ2) is 13.3. The van der Waals surface area contributed by atoms with Gasteiger partial charge in [-0.25, -0.2) is 19.4 Å². The van der Waals surface area contributed by atoms with E-state index >= 15 is 0 Å². The molecule has 0 radical (unpaired) electrons. The first kappa shape index (κ1) is 33.6. The van der Waals surface area contributed by atoms with Crippen molar-refractivity contribution < 1.29 is 43.3 Å². The molecule has 0 unspecified atom stereocenters. The minimum Gasteiger partial charge on any atom is -0.387 e. The van der Waals surface area contributed by atoms with Crippen molar-refractivity contribution in [2.75, 3.05) is 31.6 Å². The molecule has 4 aliphatic heterocycles. The molecule has 0 fully saturated rings. The van der Waals surface area contributed by atoms with Crippen molar-refractivity contribution in [1.82, 2.24) is 20.5 Å². The number of rotatable bonds is 12. The van der Waals surface area contributed by atoms with E-state index in [1.54, 1.807) is 25.1 Å². The Labute approximate surface area is 283 Å². The molecular formula is C32H33N7O9S. The van der Waals surface area contributed by atoms with Crippen LogP contribution in [0.15, 0.2) is 39.7 Å². The Morgan fingerprint density at radius 2 is 1.98 bits per heavy atom. The molecule has 4 aliphatic rings. The molecule has 1 aromatic carbocycles. The van der Waals surface area contributed by atoms with E-state index in [1.807, 2.05) is 16.4 Å². The summed E-state index contributed by atoms with van der Waals surface area (Å²) in [5.74, 6) is -3.68. The fourth-order valence-corrected chi connectivity index (χ4v) is 7.19. The van der Waals surface area contributed by atoms with Crippen LogP contribution in [-0.4, -0.2) is 88.6 Å². The van der Waals surface area contributed by atoms with E-state index in [1.165, 1.54) is 11.8 Å². The molecule has 0 saturated carbocycles. The summed E-state index contributed by atoms with van der Waals surface area (Å²) in [7, 11) is 0. The number of ether oxygens (including phenoxy) is 2. The number of nitrogens with two attached hydrogens (primary N) is 2. The third-order valence-corrected chi connectivity index (χ3v) is 9.57. The normalized spacial score (nSPS) is 19.4. The van der Waals surface area contributed by atoms with Crippen molar-refractivity contribution in [3.63, 3.8) is 0 Å². The number of urea groups is 1. The minimum atomic E-state index is -1.95. The summed E-state index contributed by atoms with van der Waals surface area (Å²) in [5, 5.41) is 21.8. The van der Waals surface area contributed by atoms with Crippen molar-refractivity contribution in [2.24, 2.45) is 11.5 Å². The van der Waals surface area contributed by atoms with E-state index in [0.717, 1.165) is 21.4 Å². The second-order valence-corrected chi connectivity index (χ2v) is 12.7. The number of anilines is 1. The SMILES string of the molecule is CC[C@@]1(O)C(=O)OC(=O)C2=C1C=C1c3nc4ccc(NC(=O)[C@H](CCCNC(N)=O)NC(=O)COCC(N)=O)c5c4c(c3CN1C2)C=CS5. The highest BCUT2D eigenvalue weighted by molar-refractivity contribution is 8.02. The third kappa shape index (κ3) is 6.34. The predicted molar refractivity (Wildman–Crippen MR) is 176 cm³/mol. The fraction of sp³-hybridized carbons (Fsp3) is 0.344. The molecule has 2 aromatic rings. The van der Waals surface area contributed by atoms with Crippen molar-refractivity contribution in [2.45, 2.75) is 49.3 Å². The van der Waals surface area contributed by atoms with E-state index in [0.29, 0.717) is 35.6 Å². The number of amides is 5. The van der Waals surface area contributed by atoms with Gasteiger partial charge in [0.15, 0.2) is 5.60 Å². The van der Waals surface area contributed by atoms with Gasteiger partial charge in [-0.3, -0.25) is 14.4 Å². The quantitative estimate of drug-likeness (QED) is 0.100. The number of nitrogens with one attached hydrogen (secondary N) is 3. The van der Waals surface area contributed by atoms with Crippen LogP contribution >= 0.6 is 11.8 Å². The van der Waals surface area contributed by atoms with E-state index in [-0.39, 0.29) is 37.1 Å². The third-order valence-electron chi connectivity index (χ3n) is 8.64. The number of nitrogens with zero attached hydrogens (tertiary/aromatic N) is 2. The number of hydrogen-bond acceptors (Lipinski definition) is 12. The topological polar surface area (TPSA) is 245 Å². The molecular weight excluding hydrogens is 658 g/mol. The molecule has 6 rings (SSSR count). The Hall–Kier alpha value is -5.26. The van der Waals surface area contributed by atoms with Gasteiger partial charge in [0.05, 0.1) is 34.7 Å². The first-order valence-electron chi connectivity index (χ1n) is 15.4. The lowest BCUT2D eigenvalue weighted by Gasteiger charge is -2.36. The number of aromatic nitrogens is 1. The van der Waals surface area contributed by atoms with Gasteiger partial charge in [-0.15, -0.1) is 0 Å². The highest BCUT2D eigenvalue weighted by Gasteiger charge is 2.50. The molecule has 0 spiro atoms. The van der Waals surface area contributed by atoms with Crippen LogP contribution in [0.1, 0.15) is 43.0 Å². The zero-order valence-electron chi connectivity index (χ0n) is 26.3. The monoisotopic (exact) mass is 691 g/mol. The lowest BCUT2D eigenvalue weighted by Crippen LogP contribution is -2.49. The number of thioether (sulfide) groups is 1. The summed E-state index contributed by atoms with van der Waals surface area (Å²) in [6.45, 7) is 1.40. The van der Waals surface area contributed by atoms with Crippen LogP contribution in [0.4, 0.5) is 10.5 Å². The Morgan fingerprint density at radius 3 is 2.71 bits per heavy atom. The average molecular weight is 692 g/mol. The Kier molecular flexibility index (Phi) is 9.15. The van der Waals surface area contributed by atoms with Crippen molar-refractivity contribution >= 4 is 75.8 Å². The number of carbonyl (C=O) groups excluding carboxylic acids is 6. The summed E-state index contributed by atoms with van der Waals surface area (Å²) in [6.07, 6.45) is 4.11.